The average molecular weight is 187 g/mol. The third-order valence-corrected chi connectivity index (χ3v) is 2.35. The second-order valence-corrected chi connectivity index (χ2v) is 4.48. The molecule has 1 heterocycles. The van der Waals surface area contributed by atoms with E-state index in [1.54, 1.807) is 0 Å². The van der Waals surface area contributed by atoms with Crippen molar-refractivity contribution in [2.45, 2.75) is 39.4 Å². The van der Waals surface area contributed by atoms with Gasteiger partial charge in [-0.15, -0.1) is 0 Å². The van der Waals surface area contributed by atoms with Crippen molar-refractivity contribution >= 4 is 0 Å². The zero-order chi connectivity index (χ0) is 9.73. The molecule has 78 valence electrons. The molecular formula is C10H21NO2. The molecule has 1 aliphatic heterocycles. The van der Waals surface area contributed by atoms with Crippen molar-refractivity contribution < 1.29 is 9.47 Å². The highest BCUT2D eigenvalue weighted by Crippen LogP contribution is 2.18. The molecule has 1 aliphatic rings. The summed E-state index contributed by atoms with van der Waals surface area (Å²) in [5.41, 5.74) is 5.67. The van der Waals surface area contributed by atoms with Crippen molar-refractivity contribution in [3.63, 3.8) is 0 Å². The fourth-order valence-corrected chi connectivity index (χ4v) is 1.22. The lowest BCUT2D eigenvalue weighted by molar-refractivity contribution is -0.175. The summed E-state index contributed by atoms with van der Waals surface area (Å²) in [5.74, 6) is 0. The summed E-state index contributed by atoms with van der Waals surface area (Å²) in [6.07, 6.45) is 3.42. The van der Waals surface area contributed by atoms with Gasteiger partial charge in [0.2, 0.25) is 0 Å². The highest BCUT2D eigenvalue weighted by atomic mass is 16.7. The molecule has 13 heavy (non-hydrogen) atoms. The Morgan fingerprint density at radius 1 is 1.46 bits per heavy atom. The molecule has 3 nitrogen and oxygen atoms in total. The SMILES string of the molecule is CC(C)(CN)COC1CCCCO1. The molecular weight excluding hydrogens is 166 g/mol. The van der Waals surface area contributed by atoms with E-state index in [2.05, 4.69) is 13.8 Å². The summed E-state index contributed by atoms with van der Waals surface area (Å²) in [5, 5.41) is 0. The van der Waals surface area contributed by atoms with Gasteiger partial charge in [0.05, 0.1) is 6.61 Å². The summed E-state index contributed by atoms with van der Waals surface area (Å²) in [6, 6.07) is 0. The normalized spacial score (nSPS) is 24.7. The van der Waals surface area contributed by atoms with Crippen molar-refractivity contribution in [1.82, 2.24) is 0 Å². The zero-order valence-corrected chi connectivity index (χ0v) is 8.71. The van der Waals surface area contributed by atoms with E-state index in [1.807, 2.05) is 0 Å². The Morgan fingerprint density at radius 2 is 2.23 bits per heavy atom. The minimum absolute atomic E-state index is 0.0135. The first-order valence-corrected chi connectivity index (χ1v) is 5.07. The average Bonchev–Trinajstić information content (AvgIpc) is 2.17. The van der Waals surface area contributed by atoms with Gasteiger partial charge in [0, 0.05) is 12.0 Å². The summed E-state index contributed by atoms with van der Waals surface area (Å²) in [4.78, 5) is 0. The molecule has 1 unspecified atom stereocenters. The summed E-state index contributed by atoms with van der Waals surface area (Å²) in [6.45, 7) is 6.40. The molecule has 0 aromatic carbocycles. The quantitative estimate of drug-likeness (QED) is 0.725. The Labute approximate surface area is 80.6 Å². The Morgan fingerprint density at radius 3 is 2.77 bits per heavy atom. The van der Waals surface area contributed by atoms with E-state index >= 15 is 0 Å². The molecule has 0 aromatic heterocycles. The molecule has 2 N–H and O–H groups in total. The van der Waals surface area contributed by atoms with E-state index in [4.69, 9.17) is 15.2 Å². The number of ether oxygens (including phenoxy) is 2. The van der Waals surface area contributed by atoms with Crippen LogP contribution in [0.25, 0.3) is 0 Å². The zero-order valence-electron chi connectivity index (χ0n) is 8.71. The van der Waals surface area contributed by atoms with Gasteiger partial charge in [0.1, 0.15) is 0 Å². The Balaban J connectivity index is 2.17. The Kier molecular flexibility index (Phi) is 4.16. The van der Waals surface area contributed by atoms with E-state index in [0.717, 1.165) is 13.0 Å². The lowest BCUT2D eigenvalue weighted by Gasteiger charge is -2.28. The molecule has 0 radical (unpaired) electrons. The fraction of sp³-hybridized carbons (Fsp3) is 1.00. The van der Waals surface area contributed by atoms with Crippen molar-refractivity contribution in [1.29, 1.82) is 0 Å². The van der Waals surface area contributed by atoms with Gasteiger partial charge in [0.25, 0.3) is 0 Å². The predicted molar refractivity (Wildman–Crippen MR) is 52.4 cm³/mol. The van der Waals surface area contributed by atoms with E-state index in [-0.39, 0.29) is 11.7 Å². The number of rotatable bonds is 4. The van der Waals surface area contributed by atoms with Crippen LogP contribution in [0.15, 0.2) is 0 Å². The lowest BCUT2D eigenvalue weighted by atomic mass is 9.95. The molecule has 0 amide bonds. The second-order valence-electron chi connectivity index (χ2n) is 4.48. The van der Waals surface area contributed by atoms with Crippen molar-refractivity contribution in [2.24, 2.45) is 11.1 Å². The van der Waals surface area contributed by atoms with Gasteiger partial charge < -0.3 is 15.2 Å². The van der Waals surface area contributed by atoms with Crippen molar-refractivity contribution in [2.75, 3.05) is 19.8 Å². The molecule has 0 aromatic rings. The van der Waals surface area contributed by atoms with Crippen molar-refractivity contribution in [3.8, 4) is 0 Å². The maximum absolute atomic E-state index is 5.64. The molecule has 1 saturated heterocycles. The van der Waals surface area contributed by atoms with Gasteiger partial charge in [0.15, 0.2) is 6.29 Å². The van der Waals surface area contributed by atoms with Gasteiger partial charge >= 0.3 is 0 Å². The third kappa shape index (κ3) is 4.07. The van der Waals surface area contributed by atoms with Crippen molar-refractivity contribution in [3.05, 3.63) is 0 Å². The maximum Gasteiger partial charge on any atom is 0.157 e. The van der Waals surface area contributed by atoms with E-state index in [9.17, 15) is 0 Å². The highest BCUT2D eigenvalue weighted by Gasteiger charge is 2.20. The summed E-state index contributed by atoms with van der Waals surface area (Å²) >= 11 is 0. The van der Waals surface area contributed by atoms with Crippen LogP contribution in [0.4, 0.5) is 0 Å². The second kappa shape index (κ2) is 4.94. The first-order valence-electron chi connectivity index (χ1n) is 5.07. The van der Waals surface area contributed by atoms with Crippen LogP contribution in [0.2, 0.25) is 0 Å². The van der Waals surface area contributed by atoms with Crippen LogP contribution < -0.4 is 5.73 Å². The Hall–Kier alpha value is -0.120. The topological polar surface area (TPSA) is 44.5 Å². The Bertz CT molecular complexity index is 142. The van der Waals surface area contributed by atoms with E-state index < -0.39 is 0 Å². The molecule has 3 heteroatoms. The lowest BCUT2D eigenvalue weighted by Crippen LogP contribution is -2.33. The van der Waals surface area contributed by atoms with Crippen LogP contribution in [-0.2, 0) is 9.47 Å². The van der Waals surface area contributed by atoms with Crippen LogP contribution in [0.5, 0.6) is 0 Å². The first-order chi connectivity index (χ1) is 6.14. The largest absolute Gasteiger partial charge is 0.353 e. The van der Waals surface area contributed by atoms with Crippen LogP contribution in [0, 0.1) is 5.41 Å². The van der Waals surface area contributed by atoms with Crippen LogP contribution in [-0.4, -0.2) is 26.0 Å². The molecule has 1 atom stereocenters. The third-order valence-electron chi connectivity index (χ3n) is 2.35. The number of hydrogen-bond donors (Lipinski definition) is 1. The molecule has 0 aliphatic carbocycles. The molecule has 1 rings (SSSR count). The van der Waals surface area contributed by atoms with Crippen LogP contribution in [0.1, 0.15) is 33.1 Å². The maximum atomic E-state index is 5.64. The standard InChI is InChI=1S/C10H21NO2/c1-10(2,7-11)8-13-9-5-3-4-6-12-9/h9H,3-8,11H2,1-2H3. The molecule has 0 saturated carbocycles. The minimum Gasteiger partial charge on any atom is -0.353 e. The van der Waals surface area contributed by atoms with Crippen LogP contribution in [0.3, 0.4) is 0 Å². The number of hydrogen-bond acceptors (Lipinski definition) is 3. The predicted octanol–water partition coefficient (Wildman–Crippen LogP) is 1.51. The monoisotopic (exact) mass is 187 g/mol. The van der Waals surface area contributed by atoms with E-state index in [0.29, 0.717) is 13.2 Å². The smallest absolute Gasteiger partial charge is 0.157 e. The first kappa shape index (κ1) is 11.0. The minimum atomic E-state index is 0.0135. The molecule has 0 spiro atoms. The van der Waals surface area contributed by atoms with Gasteiger partial charge in [-0.2, -0.15) is 0 Å². The van der Waals surface area contributed by atoms with Gasteiger partial charge in [-0.05, 0) is 25.8 Å². The fourth-order valence-electron chi connectivity index (χ4n) is 1.22. The highest BCUT2D eigenvalue weighted by molar-refractivity contribution is 4.68. The van der Waals surface area contributed by atoms with Gasteiger partial charge in [-0.1, -0.05) is 13.8 Å². The molecule has 0 bridgehead atoms. The van der Waals surface area contributed by atoms with E-state index in [1.165, 1.54) is 12.8 Å². The summed E-state index contributed by atoms with van der Waals surface area (Å²) in [7, 11) is 0. The number of nitrogens with two attached hydrogens (primary N) is 1. The van der Waals surface area contributed by atoms with Crippen LogP contribution >= 0.6 is 0 Å². The molecule has 1 fully saturated rings. The van der Waals surface area contributed by atoms with Gasteiger partial charge in [-0.25, -0.2) is 0 Å². The summed E-state index contributed by atoms with van der Waals surface area (Å²) < 4.78 is 11.1. The van der Waals surface area contributed by atoms with Gasteiger partial charge in [-0.3, -0.25) is 0 Å².